The van der Waals surface area contributed by atoms with Crippen LogP contribution in [-0.4, -0.2) is 5.78 Å². The fraction of sp³-hybridized carbons (Fsp3) is 0.0714. The lowest BCUT2D eigenvalue weighted by molar-refractivity contribution is -0.137. The highest BCUT2D eigenvalue weighted by atomic mass is 79.9. The van der Waals surface area contributed by atoms with Crippen molar-refractivity contribution in [2.24, 2.45) is 0 Å². The molecule has 0 bridgehead atoms. The number of carbonyl (C=O) groups is 1. The first-order chi connectivity index (χ1) is 9.70. The van der Waals surface area contributed by atoms with E-state index in [1.165, 1.54) is 18.2 Å². The average Bonchev–Trinajstić information content (AvgIpc) is 2.37. The van der Waals surface area contributed by atoms with Crippen LogP contribution >= 0.6 is 15.9 Å². The Bertz CT molecular complexity index is 713. The lowest BCUT2D eigenvalue weighted by Gasteiger charge is -2.10. The van der Waals surface area contributed by atoms with E-state index in [9.17, 15) is 22.4 Å². The van der Waals surface area contributed by atoms with Gasteiger partial charge < -0.3 is 5.73 Å². The molecule has 2 N–H and O–H groups in total. The van der Waals surface area contributed by atoms with Crippen LogP contribution in [0.2, 0.25) is 0 Å². The van der Waals surface area contributed by atoms with Crippen LogP contribution in [0.4, 0.5) is 23.2 Å². The van der Waals surface area contributed by atoms with Crippen LogP contribution in [0.5, 0.6) is 0 Å². The normalized spacial score (nSPS) is 11.5. The first-order valence-corrected chi connectivity index (χ1v) is 6.46. The van der Waals surface area contributed by atoms with Crippen LogP contribution in [0.3, 0.4) is 0 Å². The number of hydrogen-bond acceptors (Lipinski definition) is 2. The highest BCUT2D eigenvalue weighted by Crippen LogP contribution is 2.31. The van der Waals surface area contributed by atoms with Gasteiger partial charge in [0.05, 0.1) is 11.1 Å². The molecule has 0 aliphatic rings. The van der Waals surface area contributed by atoms with Gasteiger partial charge in [-0.15, -0.1) is 0 Å². The van der Waals surface area contributed by atoms with E-state index in [2.05, 4.69) is 15.9 Å². The molecule has 0 fully saturated rings. The lowest BCUT2D eigenvalue weighted by Crippen LogP contribution is -2.10. The standard InChI is InChI=1S/C14H8BrF4NO/c15-11-6-8(20)2-3-9(11)13(21)10-5-7(14(17,18)19)1-4-12(10)16/h1-6H,20H2. The maximum Gasteiger partial charge on any atom is 0.416 e. The summed E-state index contributed by atoms with van der Waals surface area (Å²) in [6.07, 6.45) is -4.65. The van der Waals surface area contributed by atoms with Gasteiger partial charge in [0.15, 0.2) is 5.78 Å². The van der Waals surface area contributed by atoms with E-state index in [4.69, 9.17) is 5.73 Å². The second kappa shape index (κ2) is 5.48. The summed E-state index contributed by atoms with van der Waals surface area (Å²) >= 11 is 3.08. The van der Waals surface area contributed by atoms with E-state index in [-0.39, 0.29) is 10.0 Å². The van der Waals surface area contributed by atoms with Gasteiger partial charge in [0.2, 0.25) is 0 Å². The number of rotatable bonds is 2. The van der Waals surface area contributed by atoms with Crippen molar-refractivity contribution < 1.29 is 22.4 Å². The number of halogens is 5. The Labute approximate surface area is 125 Å². The molecule has 0 saturated heterocycles. The zero-order valence-electron chi connectivity index (χ0n) is 10.3. The summed E-state index contributed by atoms with van der Waals surface area (Å²) in [5.41, 5.74) is 4.18. The van der Waals surface area contributed by atoms with Crippen molar-refractivity contribution in [3.63, 3.8) is 0 Å². The minimum atomic E-state index is -4.65. The van der Waals surface area contributed by atoms with Crippen molar-refractivity contribution in [3.05, 3.63) is 63.4 Å². The summed E-state index contributed by atoms with van der Waals surface area (Å²) in [6.45, 7) is 0. The number of anilines is 1. The third kappa shape index (κ3) is 3.24. The first kappa shape index (κ1) is 15.5. The van der Waals surface area contributed by atoms with Gasteiger partial charge >= 0.3 is 6.18 Å². The van der Waals surface area contributed by atoms with Crippen LogP contribution in [0, 0.1) is 5.82 Å². The van der Waals surface area contributed by atoms with Crippen molar-refractivity contribution in [1.82, 2.24) is 0 Å². The number of carbonyl (C=O) groups excluding carboxylic acids is 1. The molecule has 0 aliphatic carbocycles. The van der Waals surface area contributed by atoms with Crippen molar-refractivity contribution in [2.45, 2.75) is 6.18 Å². The largest absolute Gasteiger partial charge is 0.416 e. The molecule has 0 atom stereocenters. The van der Waals surface area contributed by atoms with Crippen molar-refractivity contribution in [3.8, 4) is 0 Å². The highest BCUT2D eigenvalue weighted by Gasteiger charge is 2.32. The molecule has 0 heterocycles. The molecule has 2 nitrogen and oxygen atoms in total. The van der Waals surface area contributed by atoms with Crippen LogP contribution in [0.25, 0.3) is 0 Å². The number of alkyl halides is 3. The Morgan fingerprint density at radius 1 is 1.05 bits per heavy atom. The van der Waals surface area contributed by atoms with E-state index in [0.717, 1.165) is 0 Å². The lowest BCUT2D eigenvalue weighted by atomic mass is 10.0. The Hall–Kier alpha value is -1.89. The molecule has 0 aliphatic heterocycles. The quantitative estimate of drug-likeness (QED) is 0.488. The highest BCUT2D eigenvalue weighted by molar-refractivity contribution is 9.10. The summed E-state index contributed by atoms with van der Waals surface area (Å²) < 4.78 is 51.9. The molecular formula is C14H8BrF4NO. The first-order valence-electron chi connectivity index (χ1n) is 5.66. The minimum Gasteiger partial charge on any atom is -0.399 e. The molecular weight excluding hydrogens is 354 g/mol. The third-order valence-corrected chi connectivity index (χ3v) is 3.43. The predicted octanol–water partition coefficient (Wildman–Crippen LogP) is 4.42. The van der Waals surface area contributed by atoms with Gasteiger partial charge in [-0.25, -0.2) is 4.39 Å². The Morgan fingerprint density at radius 2 is 1.71 bits per heavy atom. The number of ketones is 1. The molecule has 21 heavy (non-hydrogen) atoms. The Kier molecular flexibility index (Phi) is 4.04. The molecule has 2 aromatic carbocycles. The van der Waals surface area contributed by atoms with E-state index < -0.39 is 28.9 Å². The summed E-state index contributed by atoms with van der Waals surface area (Å²) in [6, 6.07) is 5.86. The maximum atomic E-state index is 13.7. The smallest absolute Gasteiger partial charge is 0.399 e. The van der Waals surface area contributed by atoms with E-state index in [1.54, 1.807) is 0 Å². The molecule has 0 saturated carbocycles. The van der Waals surface area contributed by atoms with Gasteiger partial charge in [0.1, 0.15) is 5.82 Å². The van der Waals surface area contributed by atoms with E-state index in [0.29, 0.717) is 23.9 Å². The van der Waals surface area contributed by atoms with Crippen molar-refractivity contribution >= 4 is 27.4 Å². The molecule has 0 aromatic heterocycles. The summed E-state index contributed by atoms with van der Waals surface area (Å²) in [7, 11) is 0. The minimum absolute atomic E-state index is 0.0300. The number of hydrogen-bond donors (Lipinski definition) is 1. The van der Waals surface area contributed by atoms with Gasteiger partial charge in [0, 0.05) is 15.7 Å². The van der Waals surface area contributed by atoms with Crippen LogP contribution < -0.4 is 5.73 Å². The zero-order chi connectivity index (χ0) is 15.8. The molecule has 7 heteroatoms. The van der Waals surface area contributed by atoms with Crippen LogP contribution in [-0.2, 0) is 6.18 Å². The van der Waals surface area contributed by atoms with Gasteiger partial charge in [-0.1, -0.05) is 0 Å². The molecule has 0 spiro atoms. The van der Waals surface area contributed by atoms with Crippen LogP contribution in [0.15, 0.2) is 40.9 Å². The molecule has 2 rings (SSSR count). The van der Waals surface area contributed by atoms with Crippen molar-refractivity contribution in [1.29, 1.82) is 0 Å². The van der Waals surface area contributed by atoms with Gasteiger partial charge in [-0.3, -0.25) is 4.79 Å². The maximum absolute atomic E-state index is 13.7. The SMILES string of the molecule is Nc1ccc(C(=O)c2cc(C(F)(F)F)ccc2F)c(Br)c1. The van der Waals surface area contributed by atoms with Gasteiger partial charge in [0.25, 0.3) is 0 Å². The van der Waals surface area contributed by atoms with E-state index in [1.807, 2.05) is 0 Å². The zero-order valence-corrected chi connectivity index (χ0v) is 11.9. The van der Waals surface area contributed by atoms with Crippen molar-refractivity contribution in [2.75, 3.05) is 5.73 Å². The summed E-state index contributed by atoms with van der Waals surface area (Å²) in [4.78, 5) is 12.2. The molecule has 0 amide bonds. The monoisotopic (exact) mass is 361 g/mol. The Morgan fingerprint density at radius 3 is 2.29 bits per heavy atom. The summed E-state index contributed by atoms with van der Waals surface area (Å²) in [5, 5.41) is 0. The Balaban J connectivity index is 2.53. The number of benzene rings is 2. The second-order valence-corrected chi connectivity index (χ2v) is 5.12. The number of nitrogen functional groups attached to an aromatic ring is 1. The molecule has 110 valence electrons. The molecule has 0 unspecified atom stereocenters. The molecule has 2 aromatic rings. The topological polar surface area (TPSA) is 43.1 Å². The predicted molar refractivity (Wildman–Crippen MR) is 73.4 cm³/mol. The third-order valence-electron chi connectivity index (χ3n) is 2.78. The summed E-state index contributed by atoms with van der Waals surface area (Å²) in [5.74, 6) is -1.87. The van der Waals surface area contributed by atoms with Crippen LogP contribution in [0.1, 0.15) is 21.5 Å². The molecule has 0 radical (unpaired) electrons. The average molecular weight is 362 g/mol. The fourth-order valence-electron chi connectivity index (χ4n) is 1.74. The van der Waals surface area contributed by atoms with Gasteiger partial charge in [-0.05, 0) is 52.3 Å². The second-order valence-electron chi connectivity index (χ2n) is 4.26. The van der Waals surface area contributed by atoms with E-state index >= 15 is 0 Å². The number of nitrogens with two attached hydrogens (primary N) is 1. The fourth-order valence-corrected chi connectivity index (χ4v) is 2.31. The van der Waals surface area contributed by atoms with Gasteiger partial charge in [-0.2, -0.15) is 13.2 Å².